The van der Waals surface area contributed by atoms with Crippen molar-refractivity contribution in [3.8, 4) is 0 Å². The van der Waals surface area contributed by atoms with Gasteiger partial charge in [0.15, 0.2) is 0 Å². The number of imidazole rings is 1. The van der Waals surface area contributed by atoms with Crippen molar-refractivity contribution in [3.63, 3.8) is 0 Å². The van der Waals surface area contributed by atoms with Gasteiger partial charge in [-0.2, -0.15) is 0 Å². The van der Waals surface area contributed by atoms with Gasteiger partial charge in [-0.15, -0.1) is 0 Å². The number of hydrogen-bond donors (Lipinski definition) is 1. The van der Waals surface area contributed by atoms with E-state index in [1.165, 1.54) is 17.5 Å². The fraction of sp³-hybridized carbons (Fsp3) is 0.308. The highest BCUT2D eigenvalue weighted by Crippen LogP contribution is 2.09. The lowest BCUT2D eigenvalue weighted by molar-refractivity contribution is -0.696. The quantitative estimate of drug-likeness (QED) is 0.732. The highest BCUT2D eigenvalue weighted by atomic mass is 15.0. The van der Waals surface area contributed by atoms with E-state index in [9.17, 15) is 0 Å². The molecule has 2 nitrogen and oxygen atoms in total. The first-order valence-electron chi connectivity index (χ1n) is 5.42. The lowest BCUT2D eigenvalue weighted by atomic mass is 10.0. The first-order valence-corrected chi connectivity index (χ1v) is 5.42. The summed E-state index contributed by atoms with van der Waals surface area (Å²) < 4.78 is 2.18. The smallest absolute Gasteiger partial charge is 0.241 e. The van der Waals surface area contributed by atoms with E-state index in [2.05, 4.69) is 46.9 Å². The number of hydrogen-bond acceptors (Lipinski definition) is 0. The van der Waals surface area contributed by atoms with Crippen LogP contribution in [0.25, 0.3) is 0 Å². The van der Waals surface area contributed by atoms with Gasteiger partial charge in [-0.3, -0.25) is 4.98 Å². The summed E-state index contributed by atoms with van der Waals surface area (Å²) >= 11 is 0. The molecule has 0 bridgehead atoms. The molecule has 0 radical (unpaired) electrons. The van der Waals surface area contributed by atoms with Crippen LogP contribution in [0.1, 0.15) is 17.5 Å². The largest absolute Gasteiger partial charge is 0.250 e. The summed E-state index contributed by atoms with van der Waals surface area (Å²) in [5.74, 6) is 0. The van der Waals surface area contributed by atoms with E-state index in [4.69, 9.17) is 0 Å². The standard InChI is InChI=1S/C13H16N2/c1-12-5-2-3-6-13(12)7-4-9-15-10-8-14-11-15/h2-3,5-6,8,10-11H,4,7,9H2,1H3/p+1. The Kier molecular flexibility index (Phi) is 3.18. The predicted octanol–water partition coefficient (Wildman–Crippen LogP) is 2.24. The molecular formula is C13H17N2+. The Labute approximate surface area is 90.6 Å². The molecule has 2 rings (SSSR count). The number of H-pyrrole nitrogens is 1. The zero-order valence-corrected chi connectivity index (χ0v) is 9.11. The average molecular weight is 201 g/mol. The number of aryl methyl sites for hydroxylation is 3. The van der Waals surface area contributed by atoms with Crippen molar-refractivity contribution in [1.82, 2.24) is 4.98 Å². The zero-order chi connectivity index (χ0) is 10.5. The van der Waals surface area contributed by atoms with Crippen LogP contribution in [0.5, 0.6) is 0 Å². The van der Waals surface area contributed by atoms with Crippen LogP contribution in [0.3, 0.4) is 0 Å². The van der Waals surface area contributed by atoms with Crippen molar-refractivity contribution >= 4 is 0 Å². The summed E-state index contributed by atoms with van der Waals surface area (Å²) in [6.07, 6.45) is 8.36. The summed E-state index contributed by atoms with van der Waals surface area (Å²) in [7, 11) is 0. The van der Waals surface area contributed by atoms with Crippen LogP contribution in [0.15, 0.2) is 43.0 Å². The van der Waals surface area contributed by atoms with E-state index >= 15 is 0 Å². The van der Waals surface area contributed by atoms with E-state index < -0.39 is 0 Å². The third-order valence-electron chi connectivity index (χ3n) is 2.73. The molecule has 1 aromatic carbocycles. The number of aromatic nitrogens is 2. The van der Waals surface area contributed by atoms with E-state index in [1.54, 1.807) is 0 Å². The number of benzene rings is 1. The van der Waals surface area contributed by atoms with Crippen LogP contribution >= 0.6 is 0 Å². The van der Waals surface area contributed by atoms with Gasteiger partial charge in [0, 0.05) is 0 Å². The van der Waals surface area contributed by atoms with Crippen LogP contribution in [0.2, 0.25) is 0 Å². The molecule has 2 heteroatoms. The summed E-state index contributed by atoms with van der Waals surface area (Å²) in [4.78, 5) is 3.05. The minimum atomic E-state index is 1.08. The second-order valence-electron chi connectivity index (χ2n) is 3.88. The molecule has 0 saturated carbocycles. The van der Waals surface area contributed by atoms with E-state index in [0.717, 1.165) is 13.0 Å². The normalized spacial score (nSPS) is 10.5. The predicted molar refractivity (Wildman–Crippen MR) is 60.5 cm³/mol. The molecule has 1 aromatic heterocycles. The van der Waals surface area contributed by atoms with E-state index in [-0.39, 0.29) is 0 Å². The Morgan fingerprint density at radius 2 is 2.13 bits per heavy atom. The number of nitrogens with zero attached hydrogens (tertiary/aromatic N) is 1. The maximum Gasteiger partial charge on any atom is 0.241 e. The molecule has 0 aliphatic heterocycles. The summed E-state index contributed by atoms with van der Waals surface area (Å²) in [6, 6.07) is 8.61. The number of aromatic amines is 1. The molecule has 15 heavy (non-hydrogen) atoms. The molecule has 0 amide bonds. The molecule has 78 valence electrons. The maximum atomic E-state index is 3.05. The molecule has 0 spiro atoms. The summed E-state index contributed by atoms with van der Waals surface area (Å²) in [5.41, 5.74) is 2.87. The fourth-order valence-corrected chi connectivity index (χ4v) is 1.80. The van der Waals surface area contributed by atoms with Crippen LogP contribution in [0, 0.1) is 6.92 Å². The fourth-order valence-electron chi connectivity index (χ4n) is 1.80. The SMILES string of the molecule is Cc1ccccc1CCC[n+]1cc[nH]c1. The third kappa shape index (κ3) is 2.69. The lowest BCUT2D eigenvalue weighted by Crippen LogP contribution is -2.30. The van der Waals surface area contributed by atoms with Gasteiger partial charge in [-0.25, -0.2) is 4.57 Å². The van der Waals surface area contributed by atoms with Gasteiger partial charge in [-0.1, -0.05) is 24.3 Å². The van der Waals surface area contributed by atoms with Crippen molar-refractivity contribution < 1.29 is 4.57 Å². The van der Waals surface area contributed by atoms with Gasteiger partial charge in [-0.05, 0) is 30.9 Å². The first kappa shape index (κ1) is 9.97. The van der Waals surface area contributed by atoms with Crippen LogP contribution in [0.4, 0.5) is 0 Å². The van der Waals surface area contributed by atoms with E-state index in [1.807, 2.05) is 12.5 Å². The highest BCUT2D eigenvalue weighted by Gasteiger charge is 1.99. The van der Waals surface area contributed by atoms with Crippen molar-refractivity contribution in [1.29, 1.82) is 0 Å². The Balaban J connectivity index is 1.86. The topological polar surface area (TPSA) is 19.7 Å². The molecule has 0 atom stereocenters. The lowest BCUT2D eigenvalue weighted by Gasteiger charge is -2.03. The molecule has 1 N–H and O–H groups in total. The molecule has 1 heterocycles. The van der Waals surface area contributed by atoms with E-state index in [0.29, 0.717) is 0 Å². The Hall–Kier alpha value is -1.57. The monoisotopic (exact) mass is 201 g/mol. The van der Waals surface area contributed by atoms with Crippen molar-refractivity contribution in [2.75, 3.05) is 0 Å². The second kappa shape index (κ2) is 4.78. The van der Waals surface area contributed by atoms with Crippen molar-refractivity contribution in [3.05, 3.63) is 54.1 Å². The van der Waals surface area contributed by atoms with Gasteiger partial charge in [0.1, 0.15) is 12.4 Å². The number of rotatable bonds is 4. The van der Waals surface area contributed by atoms with Gasteiger partial charge in [0.2, 0.25) is 6.33 Å². The Morgan fingerprint density at radius 3 is 2.87 bits per heavy atom. The Morgan fingerprint density at radius 1 is 1.27 bits per heavy atom. The third-order valence-corrected chi connectivity index (χ3v) is 2.73. The number of nitrogens with one attached hydrogen (secondary N) is 1. The van der Waals surface area contributed by atoms with Crippen LogP contribution in [-0.2, 0) is 13.0 Å². The summed E-state index contributed by atoms with van der Waals surface area (Å²) in [5, 5.41) is 0. The zero-order valence-electron chi connectivity index (χ0n) is 9.11. The van der Waals surface area contributed by atoms with Crippen molar-refractivity contribution in [2.24, 2.45) is 0 Å². The Bertz CT molecular complexity index is 404. The van der Waals surface area contributed by atoms with Crippen molar-refractivity contribution in [2.45, 2.75) is 26.3 Å². The van der Waals surface area contributed by atoms with Crippen LogP contribution in [-0.4, -0.2) is 4.98 Å². The molecule has 0 unspecified atom stereocenters. The highest BCUT2D eigenvalue weighted by molar-refractivity contribution is 5.25. The van der Waals surface area contributed by atoms with Gasteiger partial charge in [0.25, 0.3) is 0 Å². The maximum absolute atomic E-state index is 3.05. The molecule has 0 saturated heterocycles. The molecule has 0 fully saturated rings. The first-order chi connectivity index (χ1) is 7.36. The second-order valence-corrected chi connectivity index (χ2v) is 3.88. The molecule has 0 aliphatic carbocycles. The van der Waals surface area contributed by atoms with Gasteiger partial charge >= 0.3 is 0 Å². The van der Waals surface area contributed by atoms with Gasteiger partial charge < -0.3 is 0 Å². The molecule has 0 aliphatic rings. The van der Waals surface area contributed by atoms with Gasteiger partial charge in [0.05, 0.1) is 6.54 Å². The minimum absolute atomic E-state index is 1.08. The average Bonchev–Trinajstić information content (AvgIpc) is 2.74. The minimum Gasteiger partial charge on any atom is -0.250 e. The molecule has 2 aromatic rings. The summed E-state index contributed by atoms with van der Waals surface area (Å²) in [6.45, 7) is 3.26. The molecular weight excluding hydrogens is 184 g/mol. The van der Waals surface area contributed by atoms with Crippen LogP contribution < -0.4 is 4.57 Å².